The predicted molar refractivity (Wildman–Crippen MR) is 106 cm³/mol. The minimum absolute atomic E-state index is 0.280. The lowest BCUT2D eigenvalue weighted by atomic mass is 10.1. The summed E-state index contributed by atoms with van der Waals surface area (Å²) in [6.45, 7) is 3.70. The van der Waals surface area contributed by atoms with Gasteiger partial charge in [0.15, 0.2) is 6.10 Å². The Labute approximate surface area is 163 Å². The first-order chi connectivity index (χ1) is 12.9. The number of halogens is 1. The quantitative estimate of drug-likeness (QED) is 0.577. The van der Waals surface area contributed by atoms with E-state index in [9.17, 15) is 9.59 Å². The molecule has 27 heavy (non-hydrogen) atoms. The van der Waals surface area contributed by atoms with Gasteiger partial charge in [-0.15, -0.1) is 0 Å². The summed E-state index contributed by atoms with van der Waals surface area (Å²) in [5, 5.41) is 3.35. The van der Waals surface area contributed by atoms with Crippen molar-refractivity contribution in [3.63, 3.8) is 0 Å². The minimum Gasteiger partial charge on any atom is -0.496 e. The van der Waals surface area contributed by atoms with E-state index in [1.165, 1.54) is 13.0 Å². The Kier molecular flexibility index (Phi) is 7.44. The van der Waals surface area contributed by atoms with Crippen LogP contribution in [-0.4, -0.2) is 25.1 Å². The Hall–Kier alpha value is -2.79. The van der Waals surface area contributed by atoms with Gasteiger partial charge >= 0.3 is 5.97 Å². The van der Waals surface area contributed by atoms with Crippen molar-refractivity contribution in [1.82, 2.24) is 5.32 Å². The molecule has 0 aliphatic heterocycles. The highest BCUT2D eigenvalue weighted by Crippen LogP contribution is 2.18. The number of carbonyl (C=O) groups is 2. The molecule has 2 aromatic rings. The maximum absolute atomic E-state index is 12.1. The number of para-hydroxylation sites is 1. The van der Waals surface area contributed by atoms with Gasteiger partial charge < -0.3 is 14.8 Å². The second kappa shape index (κ2) is 9.78. The van der Waals surface area contributed by atoms with E-state index in [2.05, 4.69) is 5.32 Å². The number of rotatable bonds is 7. The highest BCUT2D eigenvalue weighted by molar-refractivity contribution is 6.31. The van der Waals surface area contributed by atoms with Gasteiger partial charge in [-0.05, 0) is 43.2 Å². The molecule has 2 rings (SSSR count). The zero-order chi connectivity index (χ0) is 19.8. The number of carbonyl (C=O) groups excluding carboxylic acids is 2. The summed E-state index contributed by atoms with van der Waals surface area (Å²) in [4.78, 5) is 24.1. The van der Waals surface area contributed by atoms with Crippen molar-refractivity contribution >= 4 is 29.6 Å². The van der Waals surface area contributed by atoms with Crippen molar-refractivity contribution in [2.24, 2.45) is 0 Å². The van der Waals surface area contributed by atoms with E-state index in [4.69, 9.17) is 21.1 Å². The summed E-state index contributed by atoms with van der Waals surface area (Å²) < 4.78 is 10.4. The molecule has 0 saturated heterocycles. The van der Waals surface area contributed by atoms with Gasteiger partial charge in [-0.1, -0.05) is 41.9 Å². The van der Waals surface area contributed by atoms with Crippen LogP contribution in [0, 0.1) is 6.92 Å². The van der Waals surface area contributed by atoms with Gasteiger partial charge in [-0.2, -0.15) is 0 Å². The van der Waals surface area contributed by atoms with Crippen LogP contribution in [0.2, 0.25) is 5.02 Å². The third-order valence-electron chi connectivity index (χ3n) is 3.92. The number of ether oxygens (including phenoxy) is 2. The number of benzene rings is 2. The molecule has 142 valence electrons. The van der Waals surface area contributed by atoms with E-state index >= 15 is 0 Å². The van der Waals surface area contributed by atoms with Gasteiger partial charge in [0, 0.05) is 23.2 Å². The minimum atomic E-state index is -0.918. The zero-order valence-corrected chi connectivity index (χ0v) is 16.2. The summed E-state index contributed by atoms with van der Waals surface area (Å²) in [6, 6.07) is 12.8. The Bertz CT molecular complexity index is 848. The predicted octanol–water partition coefficient (Wildman–Crippen LogP) is 3.92. The summed E-state index contributed by atoms with van der Waals surface area (Å²) in [7, 11) is 1.57. The van der Waals surface area contributed by atoms with Gasteiger partial charge in [0.2, 0.25) is 0 Å². The molecule has 0 heterocycles. The standard InChI is InChI=1S/C21H22ClNO4/c1-14-8-9-16(12-18(14)22)10-11-20(24)27-15(2)21(25)23-13-17-6-4-5-7-19(17)26-3/h4-12,15H,13H2,1-3H3,(H,23,25)/b11-10+/t15-/m1/s1. The fourth-order valence-corrected chi connectivity index (χ4v) is 2.51. The third-order valence-corrected chi connectivity index (χ3v) is 4.32. The molecule has 1 N–H and O–H groups in total. The second-order valence-corrected chi connectivity index (χ2v) is 6.36. The van der Waals surface area contributed by atoms with Crippen LogP contribution in [0.4, 0.5) is 0 Å². The van der Waals surface area contributed by atoms with Gasteiger partial charge in [-0.3, -0.25) is 4.79 Å². The second-order valence-electron chi connectivity index (χ2n) is 5.95. The van der Waals surface area contributed by atoms with E-state index in [-0.39, 0.29) is 12.5 Å². The molecule has 5 nitrogen and oxygen atoms in total. The van der Waals surface area contributed by atoms with E-state index in [0.717, 1.165) is 16.7 Å². The van der Waals surface area contributed by atoms with Crippen LogP contribution in [0.25, 0.3) is 6.08 Å². The van der Waals surface area contributed by atoms with Crippen molar-refractivity contribution in [3.8, 4) is 5.75 Å². The summed E-state index contributed by atoms with van der Waals surface area (Å²) in [6.07, 6.45) is 1.94. The van der Waals surface area contributed by atoms with Crippen LogP contribution in [0.5, 0.6) is 5.75 Å². The third kappa shape index (κ3) is 6.15. The molecule has 0 radical (unpaired) electrons. The Morgan fingerprint density at radius 2 is 1.96 bits per heavy atom. The van der Waals surface area contributed by atoms with Crippen molar-refractivity contribution in [2.45, 2.75) is 26.5 Å². The van der Waals surface area contributed by atoms with Crippen LogP contribution in [-0.2, 0) is 20.9 Å². The number of hydrogen-bond donors (Lipinski definition) is 1. The van der Waals surface area contributed by atoms with Crippen molar-refractivity contribution in [1.29, 1.82) is 0 Å². The number of hydrogen-bond acceptors (Lipinski definition) is 4. The number of aryl methyl sites for hydroxylation is 1. The number of amides is 1. The van der Waals surface area contributed by atoms with E-state index in [1.807, 2.05) is 43.3 Å². The average Bonchev–Trinajstić information content (AvgIpc) is 2.67. The van der Waals surface area contributed by atoms with Crippen LogP contribution in [0.3, 0.4) is 0 Å². The Balaban J connectivity index is 1.86. The number of methoxy groups -OCH3 is 1. The Morgan fingerprint density at radius 3 is 2.67 bits per heavy atom. The molecular weight excluding hydrogens is 366 g/mol. The van der Waals surface area contributed by atoms with Gasteiger partial charge in [0.05, 0.1) is 7.11 Å². The van der Waals surface area contributed by atoms with Gasteiger partial charge in [-0.25, -0.2) is 4.79 Å². The fourth-order valence-electron chi connectivity index (χ4n) is 2.32. The molecule has 0 aromatic heterocycles. The summed E-state index contributed by atoms with van der Waals surface area (Å²) >= 11 is 6.05. The van der Waals surface area contributed by atoms with E-state index < -0.39 is 12.1 Å². The number of esters is 1. The lowest BCUT2D eigenvalue weighted by Gasteiger charge is -2.13. The topological polar surface area (TPSA) is 64.6 Å². The summed E-state index contributed by atoms with van der Waals surface area (Å²) in [5.74, 6) is -0.310. The molecule has 0 unspecified atom stereocenters. The molecule has 0 spiro atoms. The first kappa shape index (κ1) is 20.5. The van der Waals surface area contributed by atoms with Crippen molar-refractivity contribution in [2.75, 3.05) is 7.11 Å². The molecular formula is C21H22ClNO4. The van der Waals surface area contributed by atoms with E-state index in [1.54, 1.807) is 19.3 Å². The SMILES string of the molecule is COc1ccccc1CNC(=O)[C@@H](C)OC(=O)/C=C/c1ccc(C)c(Cl)c1. The van der Waals surface area contributed by atoms with Crippen LogP contribution in [0.1, 0.15) is 23.6 Å². The lowest BCUT2D eigenvalue weighted by molar-refractivity contribution is -0.150. The normalized spacial score (nSPS) is 11.9. The van der Waals surface area contributed by atoms with Gasteiger partial charge in [0.1, 0.15) is 5.75 Å². The maximum Gasteiger partial charge on any atom is 0.331 e. The molecule has 1 amide bonds. The van der Waals surface area contributed by atoms with Crippen molar-refractivity contribution < 1.29 is 19.1 Å². The molecule has 0 fully saturated rings. The smallest absolute Gasteiger partial charge is 0.331 e. The molecule has 0 aliphatic rings. The van der Waals surface area contributed by atoms with Crippen LogP contribution >= 0.6 is 11.6 Å². The maximum atomic E-state index is 12.1. The fraction of sp³-hybridized carbons (Fsp3) is 0.238. The first-order valence-electron chi connectivity index (χ1n) is 8.45. The molecule has 2 aromatic carbocycles. The van der Waals surface area contributed by atoms with E-state index in [0.29, 0.717) is 10.8 Å². The largest absolute Gasteiger partial charge is 0.496 e. The van der Waals surface area contributed by atoms with Crippen LogP contribution < -0.4 is 10.1 Å². The highest BCUT2D eigenvalue weighted by atomic mass is 35.5. The zero-order valence-electron chi connectivity index (χ0n) is 15.5. The molecule has 0 saturated carbocycles. The molecule has 0 bridgehead atoms. The van der Waals surface area contributed by atoms with Crippen molar-refractivity contribution in [3.05, 3.63) is 70.3 Å². The Morgan fingerprint density at radius 1 is 1.22 bits per heavy atom. The summed E-state index contributed by atoms with van der Waals surface area (Å²) in [5.41, 5.74) is 2.57. The number of nitrogens with one attached hydrogen (secondary N) is 1. The highest BCUT2D eigenvalue weighted by Gasteiger charge is 2.16. The lowest BCUT2D eigenvalue weighted by Crippen LogP contribution is -2.35. The molecule has 0 aliphatic carbocycles. The molecule has 6 heteroatoms. The first-order valence-corrected chi connectivity index (χ1v) is 8.83. The average molecular weight is 388 g/mol. The molecule has 1 atom stereocenters. The van der Waals surface area contributed by atoms with Crippen LogP contribution in [0.15, 0.2) is 48.5 Å². The monoisotopic (exact) mass is 387 g/mol. The van der Waals surface area contributed by atoms with Gasteiger partial charge in [0.25, 0.3) is 5.91 Å².